The smallest absolute Gasteiger partial charge is 0.353 e. The lowest BCUT2D eigenvalue weighted by atomic mass is 9.84. The van der Waals surface area contributed by atoms with Gasteiger partial charge in [-0.15, -0.1) is 11.3 Å². The number of hydrogen-bond acceptors (Lipinski definition) is 3. The zero-order chi connectivity index (χ0) is 20.1. The summed E-state index contributed by atoms with van der Waals surface area (Å²) < 4.78 is 45.0. The van der Waals surface area contributed by atoms with Gasteiger partial charge in [0.05, 0.1) is 4.88 Å². The molecule has 3 nitrogen and oxygen atoms in total. The predicted molar refractivity (Wildman–Crippen MR) is 107 cm³/mol. The lowest BCUT2D eigenvalue weighted by Gasteiger charge is -2.38. The Balaban J connectivity index is 1.83. The molecular weight excluding hydrogens is 430 g/mol. The molecule has 1 unspecified atom stereocenters. The van der Waals surface area contributed by atoms with E-state index in [1.165, 1.54) is 34.2 Å². The van der Waals surface area contributed by atoms with Crippen molar-refractivity contribution < 1.29 is 13.2 Å². The number of nitrogens with one attached hydrogen (secondary N) is 1. The van der Waals surface area contributed by atoms with Crippen LogP contribution in [-0.2, 0) is 12.6 Å². The zero-order valence-corrected chi connectivity index (χ0v) is 17.1. The van der Waals surface area contributed by atoms with Gasteiger partial charge >= 0.3 is 6.18 Å². The second kappa shape index (κ2) is 6.97. The van der Waals surface area contributed by atoms with Crippen LogP contribution in [0, 0.1) is 5.92 Å². The third-order valence-corrected chi connectivity index (χ3v) is 6.26. The molecule has 0 bridgehead atoms. The molecule has 0 aliphatic heterocycles. The molecule has 28 heavy (non-hydrogen) atoms. The van der Waals surface area contributed by atoms with E-state index in [1.807, 2.05) is 17.5 Å². The van der Waals surface area contributed by atoms with Crippen LogP contribution in [0.5, 0.6) is 0 Å². The average Bonchev–Trinajstić information content (AvgIpc) is 3.15. The molecule has 0 radical (unpaired) electrons. The van der Waals surface area contributed by atoms with Crippen LogP contribution in [0.1, 0.15) is 18.4 Å². The number of alkyl halides is 3. The summed E-state index contributed by atoms with van der Waals surface area (Å²) in [4.78, 5) is 0.887. The predicted octanol–water partition coefficient (Wildman–Crippen LogP) is 6.74. The molecule has 0 saturated heterocycles. The first-order valence-electron chi connectivity index (χ1n) is 8.60. The molecule has 1 fully saturated rings. The number of aromatic nitrogens is 2. The summed E-state index contributed by atoms with van der Waals surface area (Å²) >= 11 is 13.6. The minimum absolute atomic E-state index is 0.0128. The average molecular weight is 446 g/mol. The van der Waals surface area contributed by atoms with E-state index in [1.54, 1.807) is 13.1 Å². The Labute approximate surface area is 174 Å². The topological polar surface area (TPSA) is 29.9 Å². The van der Waals surface area contributed by atoms with Gasteiger partial charge < -0.3 is 5.32 Å². The van der Waals surface area contributed by atoms with Crippen molar-refractivity contribution in [2.45, 2.75) is 24.6 Å². The largest absolute Gasteiger partial charge is 0.416 e. The molecule has 148 valence electrons. The zero-order valence-electron chi connectivity index (χ0n) is 14.7. The Hall–Kier alpha value is -1.70. The Kier molecular flexibility index (Phi) is 4.88. The maximum absolute atomic E-state index is 14.5. The third kappa shape index (κ3) is 3.40. The monoisotopic (exact) mass is 445 g/mol. The fraction of sp³-hybridized carbons (Fsp3) is 0.316. The number of benzene rings is 1. The number of thiophene rings is 1. The van der Waals surface area contributed by atoms with Crippen molar-refractivity contribution in [2.24, 2.45) is 13.0 Å². The van der Waals surface area contributed by atoms with Crippen molar-refractivity contribution in [2.75, 3.05) is 5.32 Å². The van der Waals surface area contributed by atoms with Crippen LogP contribution in [0.2, 0.25) is 10.0 Å². The Bertz CT molecular complexity index is 976. The molecule has 1 aliphatic carbocycles. The van der Waals surface area contributed by atoms with Crippen molar-refractivity contribution in [3.8, 4) is 10.6 Å². The molecule has 4 rings (SSSR count). The van der Waals surface area contributed by atoms with E-state index < -0.39 is 17.6 Å². The van der Waals surface area contributed by atoms with Gasteiger partial charge in [0.15, 0.2) is 5.54 Å². The van der Waals surface area contributed by atoms with Crippen LogP contribution in [-0.4, -0.2) is 16.0 Å². The lowest BCUT2D eigenvalue weighted by molar-refractivity contribution is -0.188. The number of anilines is 1. The molecule has 2 heterocycles. The molecule has 0 spiro atoms. The summed E-state index contributed by atoms with van der Waals surface area (Å²) in [5, 5.41) is 9.39. The number of halogens is 5. The highest BCUT2D eigenvalue weighted by Crippen LogP contribution is 2.56. The molecule has 0 amide bonds. The fourth-order valence-corrected chi connectivity index (χ4v) is 4.71. The summed E-state index contributed by atoms with van der Waals surface area (Å²) in [6.07, 6.45) is -3.63. The normalized spacial score (nSPS) is 16.8. The minimum Gasteiger partial charge on any atom is -0.353 e. The summed E-state index contributed by atoms with van der Waals surface area (Å²) in [6, 6.07) is 9.50. The quantitative estimate of drug-likeness (QED) is 0.471. The van der Waals surface area contributed by atoms with Gasteiger partial charge in [-0.2, -0.15) is 18.3 Å². The molecule has 1 aliphatic rings. The van der Waals surface area contributed by atoms with Gasteiger partial charge in [-0.25, -0.2) is 0 Å². The molecule has 9 heteroatoms. The van der Waals surface area contributed by atoms with Crippen LogP contribution >= 0.6 is 34.5 Å². The number of hydrogen-bond donors (Lipinski definition) is 1. The lowest BCUT2D eigenvalue weighted by Crippen LogP contribution is -2.51. The summed E-state index contributed by atoms with van der Waals surface area (Å²) in [5.41, 5.74) is -1.66. The van der Waals surface area contributed by atoms with Crippen LogP contribution < -0.4 is 5.32 Å². The maximum Gasteiger partial charge on any atom is 0.416 e. The highest BCUT2D eigenvalue weighted by atomic mass is 35.5. The van der Waals surface area contributed by atoms with Crippen LogP contribution in [0.3, 0.4) is 0 Å². The van der Waals surface area contributed by atoms with Crippen LogP contribution in [0.25, 0.3) is 10.6 Å². The summed E-state index contributed by atoms with van der Waals surface area (Å²) in [7, 11) is 1.62. The van der Waals surface area contributed by atoms with E-state index in [9.17, 15) is 13.2 Å². The molecule has 2 aromatic heterocycles. The SMILES string of the molecule is Cn1nc(-c2cccs2)cc1NC(c1cc(Cl)cc(Cl)c1)(C1CC1)C(F)(F)F. The summed E-state index contributed by atoms with van der Waals surface area (Å²) in [5.74, 6) is -0.328. The van der Waals surface area contributed by atoms with E-state index in [-0.39, 0.29) is 21.4 Å². The first-order chi connectivity index (χ1) is 13.2. The van der Waals surface area contributed by atoms with Gasteiger partial charge in [0, 0.05) is 23.2 Å². The minimum atomic E-state index is -4.56. The van der Waals surface area contributed by atoms with Crippen LogP contribution in [0.4, 0.5) is 19.0 Å². The van der Waals surface area contributed by atoms with Crippen molar-refractivity contribution in [3.63, 3.8) is 0 Å². The van der Waals surface area contributed by atoms with Crippen molar-refractivity contribution in [1.29, 1.82) is 0 Å². The Morgan fingerprint density at radius 3 is 2.36 bits per heavy atom. The van der Waals surface area contributed by atoms with E-state index in [4.69, 9.17) is 23.2 Å². The Morgan fingerprint density at radius 1 is 1.14 bits per heavy atom. The fourth-order valence-electron chi connectivity index (χ4n) is 3.50. The van der Waals surface area contributed by atoms with E-state index in [0.717, 1.165) is 4.88 Å². The van der Waals surface area contributed by atoms with Gasteiger partial charge in [0.25, 0.3) is 0 Å². The van der Waals surface area contributed by atoms with Crippen LogP contribution in [0.15, 0.2) is 41.8 Å². The third-order valence-electron chi connectivity index (χ3n) is 4.93. The number of aryl methyl sites for hydroxylation is 1. The maximum atomic E-state index is 14.5. The molecular formula is C19H16Cl2F3N3S. The van der Waals surface area contributed by atoms with Gasteiger partial charge in [-0.1, -0.05) is 29.3 Å². The Morgan fingerprint density at radius 2 is 1.82 bits per heavy atom. The van der Waals surface area contributed by atoms with Gasteiger partial charge in [0.1, 0.15) is 11.5 Å². The van der Waals surface area contributed by atoms with E-state index in [0.29, 0.717) is 18.5 Å². The van der Waals surface area contributed by atoms with Gasteiger partial charge in [0.2, 0.25) is 0 Å². The van der Waals surface area contributed by atoms with Crippen molar-refractivity contribution >= 4 is 40.4 Å². The van der Waals surface area contributed by atoms with Crippen molar-refractivity contribution in [3.05, 3.63) is 57.4 Å². The molecule has 1 aromatic carbocycles. The summed E-state index contributed by atoms with van der Waals surface area (Å²) in [6.45, 7) is 0. The first-order valence-corrected chi connectivity index (χ1v) is 10.2. The molecule has 1 atom stereocenters. The molecule has 1 saturated carbocycles. The number of rotatable bonds is 5. The highest BCUT2D eigenvalue weighted by Gasteiger charge is 2.64. The number of nitrogens with zero attached hydrogens (tertiary/aromatic N) is 2. The molecule has 1 N–H and O–H groups in total. The van der Waals surface area contributed by atoms with E-state index >= 15 is 0 Å². The van der Waals surface area contributed by atoms with Gasteiger partial charge in [-0.05, 0) is 54.0 Å². The first kappa shape index (κ1) is 19.6. The van der Waals surface area contributed by atoms with Gasteiger partial charge in [-0.3, -0.25) is 4.68 Å². The highest BCUT2D eigenvalue weighted by molar-refractivity contribution is 7.13. The second-order valence-corrected chi connectivity index (χ2v) is 8.70. The molecule has 3 aromatic rings. The van der Waals surface area contributed by atoms with Crippen molar-refractivity contribution in [1.82, 2.24) is 9.78 Å². The standard InChI is InChI=1S/C19H16Cl2F3N3S/c1-27-17(10-15(26-27)16-3-2-6-28-16)25-18(11-4-5-11,19(22,23)24)12-7-13(20)9-14(21)8-12/h2-3,6-11,25H,4-5H2,1H3. The second-order valence-electron chi connectivity index (χ2n) is 6.88. The van der Waals surface area contributed by atoms with E-state index in [2.05, 4.69) is 10.4 Å².